The molecule has 0 aromatic heterocycles. The Morgan fingerprint density at radius 2 is 2.06 bits per heavy atom. The van der Waals surface area contributed by atoms with E-state index in [1.54, 1.807) is 12.1 Å². The van der Waals surface area contributed by atoms with E-state index in [-0.39, 0.29) is 5.69 Å². The zero-order valence-corrected chi connectivity index (χ0v) is 9.09. The van der Waals surface area contributed by atoms with Crippen LogP contribution in [0.2, 0.25) is 0 Å². The smallest absolute Gasteiger partial charge is 0.269 e. The lowest BCUT2D eigenvalue weighted by Crippen LogP contribution is -2.23. The predicted octanol–water partition coefficient (Wildman–Crippen LogP) is 2.33. The van der Waals surface area contributed by atoms with Crippen LogP contribution >= 0.6 is 0 Å². The number of rotatable bonds is 5. The fourth-order valence-electron chi connectivity index (χ4n) is 1.44. The van der Waals surface area contributed by atoms with E-state index in [1.165, 1.54) is 12.1 Å². The lowest BCUT2D eigenvalue weighted by molar-refractivity contribution is -0.384. The number of nitrogens with zero attached hydrogens (tertiary/aromatic N) is 3. The highest BCUT2D eigenvalue weighted by Crippen LogP contribution is 2.19. The first-order valence-corrected chi connectivity index (χ1v) is 5.05. The van der Waals surface area contributed by atoms with Crippen molar-refractivity contribution in [3.05, 3.63) is 34.4 Å². The minimum absolute atomic E-state index is 0.0834. The van der Waals surface area contributed by atoms with Gasteiger partial charge in [0.05, 0.1) is 17.4 Å². The molecule has 0 radical (unpaired) electrons. The van der Waals surface area contributed by atoms with Gasteiger partial charge >= 0.3 is 0 Å². The Bertz CT molecular complexity index is 395. The standard InChI is InChI=1S/C11H13N3O2/c1-2-13(9-3-8-12)10-4-6-11(7-5-10)14(15)16/h4-7H,2-3,9H2,1H3. The second-order valence-electron chi connectivity index (χ2n) is 3.26. The van der Waals surface area contributed by atoms with Crippen LogP contribution in [0.25, 0.3) is 0 Å². The summed E-state index contributed by atoms with van der Waals surface area (Å²) in [4.78, 5) is 12.1. The molecule has 5 heteroatoms. The molecular formula is C11H13N3O2. The lowest BCUT2D eigenvalue weighted by Gasteiger charge is -2.21. The number of nitro groups is 1. The van der Waals surface area contributed by atoms with Crippen molar-refractivity contribution in [1.82, 2.24) is 0 Å². The molecule has 0 aliphatic rings. The maximum Gasteiger partial charge on any atom is 0.269 e. The molecule has 0 aliphatic carbocycles. The van der Waals surface area contributed by atoms with Gasteiger partial charge in [0, 0.05) is 30.9 Å². The third-order valence-electron chi connectivity index (χ3n) is 2.30. The van der Waals surface area contributed by atoms with Gasteiger partial charge in [0.2, 0.25) is 0 Å². The molecule has 0 N–H and O–H groups in total. The molecule has 0 saturated heterocycles. The van der Waals surface area contributed by atoms with Gasteiger partial charge in [-0.15, -0.1) is 0 Å². The third kappa shape index (κ3) is 2.95. The fraction of sp³-hybridized carbons (Fsp3) is 0.364. The Morgan fingerprint density at radius 3 is 2.50 bits per heavy atom. The fourth-order valence-corrected chi connectivity index (χ4v) is 1.44. The van der Waals surface area contributed by atoms with Crippen molar-refractivity contribution < 1.29 is 4.92 Å². The molecule has 0 aliphatic heterocycles. The first kappa shape index (κ1) is 12.0. The van der Waals surface area contributed by atoms with Crippen LogP contribution in [0.5, 0.6) is 0 Å². The topological polar surface area (TPSA) is 70.2 Å². The molecule has 0 saturated carbocycles. The van der Waals surface area contributed by atoms with E-state index in [0.717, 1.165) is 12.2 Å². The summed E-state index contributed by atoms with van der Waals surface area (Å²) in [7, 11) is 0. The summed E-state index contributed by atoms with van der Waals surface area (Å²) in [5, 5.41) is 19.0. The van der Waals surface area contributed by atoms with Crippen molar-refractivity contribution >= 4 is 11.4 Å². The van der Waals surface area contributed by atoms with Crippen molar-refractivity contribution in [3.63, 3.8) is 0 Å². The molecule has 0 fully saturated rings. The van der Waals surface area contributed by atoms with Gasteiger partial charge in [-0.1, -0.05) is 0 Å². The van der Waals surface area contributed by atoms with Gasteiger partial charge in [-0.05, 0) is 19.1 Å². The molecule has 0 bridgehead atoms. The highest BCUT2D eigenvalue weighted by Gasteiger charge is 2.07. The zero-order chi connectivity index (χ0) is 12.0. The van der Waals surface area contributed by atoms with Gasteiger partial charge in [0.15, 0.2) is 0 Å². The summed E-state index contributed by atoms with van der Waals surface area (Å²) in [6.07, 6.45) is 0.449. The summed E-state index contributed by atoms with van der Waals surface area (Å²) in [5.74, 6) is 0. The zero-order valence-electron chi connectivity index (χ0n) is 9.09. The first-order valence-electron chi connectivity index (χ1n) is 5.05. The minimum Gasteiger partial charge on any atom is -0.371 e. The normalized spacial score (nSPS) is 9.50. The number of benzene rings is 1. The Labute approximate surface area is 94.1 Å². The van der Waals surface area contributed by atoms with Crippen LogP contribution in [0.3, 0.4) is 0 Å². The maximum absolute atomic E-state index is 10.5. The van der Waals surface area contributed by atoms with E-state index in [4.69, 9.17) is 5.26 Å². The molecule has 0 atom stereocenters. The number of hydrogen-bond acceptors (Lipinski definition) is 4. The monoisotopic (exact) mass is 219 g/mol. The van der Waals surface area contributed by atoms with E-state index in [1.807, 2.05) is 11.8 Å². The predicted molar refractivity (Wildman–Crippen MR) is 61.2 cm³/mol. The largest absolute Gasteiger partial charge is 0.371 e. The highest BCUT2D eigenvalue weighted by atomic mass is 16.6. The van der Waals surface area contributed by atoms with E-state index in [2.05, 4.69) is 6.07 Å². The second kappa shape index (κ2) is 5.71. The van der Waals surface area contributed by atoms with Crippen LogP contribution in [-0.4, -0.2) is 18.0 Å². The molecule has 5 nitrogen and oxygen atoms in total. The number of nitro benzene ring substituents is 1. The average Bonchev–Trinajstić information content (AvgIpc) is 2.30. The molecule has 16 heavy (non-hydrogen) atoms. The van der Waals surface area contributed by atoms with Crippen molar-refractivity contribution in [2.75, 3.05) is 18.0 Å². The van der Waals surface area contributed by atoms with Crippen molar-refractivity contribution in [2.45, 2.75) is 13.3 Å². The maximum atomic E-state index is 10.5. The summed E-state index contributed by atoms with van der Waals surface area (Å²) in [6, 6.07) is 8.45. The molecule has 1 aromatic carbocycles. The highest BCUT2D eigenvalue weighted by molar-refractivity contribution is 5.50. The quantitative estimate of drug-likeness (QED) is 0.563. The van der Waals surface area contributed by atoms with Crippen molar-refractivity contribution in [1.29, 1.82) is 5.26 Å². The molecule has 1 rings (SSSR count). The average molecular weight is 219 g/mol. The van der Waals surface area contributed by atoms with Crippen LogP contribution in [0.4, 0.5) is 11.4 Å². The van der Waals surface area contributed by atoms with Crippen LogP contribution < -0.4 is 4.90 Å². The van der Waals surface area contributed by atoms with Crippen LogP contribution in [0, 0.1) is 21.4 Å². The summed E-state index contributed by atoms with van der Waals surface area (Å²) in [5.41, 5.74) is 0.989. The Hall–Kier alpha value is -2.09. The van der Waals surface area contributed by atoms with Gasteiger partial charge in [-0.25, -0.2) is 0 Å². The molecule has 0 heterocycles. The Balaban J connectivity index is 2.78. The molecule has 84 valence electrons. The van der Waals surface area contributed by atoms with Crippen molar-refractivity contribution in [2.24, 2.45) is 0 Å². The van der Waals surface area contributed by atoms with Gasteiger partial charge in [-0.2, -0.15) is 5.26 Å². The number of nitriles is 1. The third-order valence-corrected chi connectivity index (χ3v) is 2.30. The molecular weight excluding hydrogens is 206 g/mol. The minimum atomic E-state index is -0.421. The number of anilines is 1. The first-order chi connectivity index (χ1) is 7.69. The Kier molecular flexibility index (Phi) is 4.28. The van der Waals surface area contributed by atoms with Crippen LogP contribution in [0.15, 0.2) is 24.3 Å². The summed E-state index contributed by atoms with van der Waals surface area (Å²) in [6.45, 7) is 3.41. The van der Waals surface area contributed by atoms with Crippen LogP contribution in [0.1, 0.15) is 13.3 Å². The van der Waals surface area contributed by atoms with Gasteiger partial charge < -0.3 is 4.90 Å². The van der Waals surface area contributed by atoms with Crippen LogP contribution in [-0.2, 0) is 0 Å². The number of non-ortho nitro benzene ring substituents is 1. The van der Waals surface area contributed by atoms with E-state index in [9.17, 15) is 10.1 Å². The summed E-state index contributed by atoms with van der Waals surface area (Å²) < 4.78 is 0. The van der Waals surface area contributed by atoms with E-state index in [0.29, 0.717) is 13.0 Å². The second-order valence-corrected chi connectivity index (χ2v) is 3.26. The molecule has 0 spiro atoms. The number of hydrogen-bond donors (Lipinski definition) is 0. The lowest BCUT2D eigenvalue weighted by atomic mass is 10.2. The molecule has 1 aromatic rings. The van der Waals surface area contributed by atoms with Gasteiger partial charge in [0.25, 0.3) is 5.69 Å². The SMILES string of the molecule is CCN(CCC#N)c1ccc([N+](=O)[O-])cc1. The van der Waals surface area contributed by atoms with Gasteiger partial charge in [0.1, 0.15) is 0 Å². The molecule has 0 unspecified atom stereocenters. The Morgan fingerprint density at radius 1 is 1.44 bits per heavy atom. The van der Waals surface area contributed by atoms with Crippen molar-refractivity contribution in [3.8, 4) is 6.07 Å². The van der Waals surface area contributed by atoms with E-state index < -0.39 is 4.92 Å². The van der Waals surface area contributed by atoms with Gasteiger partial charge in [-0.3, -0.25) is 10.1 Å². The van der Waals surface area contributed by atoms with E-state index >= 15 is 0 Å². The summed E-state index contributed by atoms with van der Waals surface area (Å²) >= 11 is 0. The molecule has 0 amide bonds.